The van der Waals surface area contributed by atoms with Crippen molar-refractivity contribution in [3.8, 4) is 0 Å². The Morgan fingerprint density at radius 1 is 1.04 bits per heavy atom. The second-order valence-electron chi connectivity index (χ2n) is 6.02. The molecule has 3 N–H and O–H groups in total. The van der Waals surface area contributed by atoms with Crippen LogP contribution in [0.4, 0.5) is 5.69 Å². The highest BCUT2D eigenvalue weighted by Crippen LogP contribution is 2.33. The zero-order valence-electron chi connectivity index (χ0n) is 14.7. The van der Waals surface area contributed by atoms with E-state index in [0.717, 1.165) is 20.1 Å². The Hall–Kier alpha value is -0.570. The molecule has 2 aromatic carbocycles. The second kappa shape index (κ2) is 9.96. The van der Waals surface area contributed by atoms with Crippen LogP contribution < -0.4 is 16.0 Å². The molecule has 0 spiro atoms. The van der Waals surface area contributed by atoms with Crippen molar-refractivity contribution in [3.63, 3.8) is 0 Å². The van der Waals surface area contributed by atoms with Crippen molar-refractivity contribution in [2.24, 2.45) is 0 Å². The van der Waals surface area contributed by atoms with E-state index < -0.39 is 15.9 Å². The zero-order chi connectivity index (χ0) is 21.1. The van der Waals surface area contributed by atoms with Crippen LogP contribution in [-0.4, -0.2) is 21.0 Å². The highest BCUT2D eigenvalue weighted by molar-refractivity contribution is 9.11. The van der Waals surface area contributed by atoms with E-state index in [9.17, 15) is 4.79 Å². The lowest BCUT2D eigenvalue weighted by atomic mass is 10.1. The van der Waals surface area contributed by atoms with Crippen LogP contribution in [0.15, 0.2) is 45.3 Å². The summed E-state index contributed by atoms with van der Waals surface area (Å²) in [5.41, 5.74) is 3.16. The Morgan fingerprint density at radius 2 is 1.64 bits per heavy atom. The van der Waals surface area contributed by atoms with E-state index in [1.807, 2.05) is 32.0 Å². The van der Waals surface area contributed by atoms with Gasteiger partial charge >= 0.3 is 0 Å². The van der Waals surface area contributed by atoms with Gasteiger partial charge in [0.05, 0.1) is 5.69 Å². The Morgan fingerprint density at radius 3 is 2.18 bits per heavy atom. The highest BCUT2D eigenvalue weighted by atomic mass is 79.9. The summed E-state index contributed by atoms with van der Waals surface area (Å²) in [6.07, 6.45) is -1.06. The molecule has 10 heteroatoms. The molecule has 0 saturated carbocycles. The van der Waals surface area contributed by atoms with Crippen molar-refractivity contribution >= 4 is 95.6 Å². The minimum Gasteiger partial charge on any atom is -0.339 e. The molecule has 0 aromatic heterocycles. The minimum atomic E-state index is -1.84. The van der Waals surface area contributed by atoms with Crippen molar-refractivity contribution in [2.75, 3.05) is 5.32 Å². The van der Waals surface area contributed by atoms with Crippen LogP contribution >= 0.6 is 78.9 Å². The third-order valence-electron chi connectivity index (χ3n) is 3.58. The maximum atomic E-state index is 12.5. The molecule has 0 heterocycles. The molecule has 0 saturated heterocycles. The Balaban J connectivity index is 2.14. The fourth-order valence-electron chi connectivity index (χ4n) is 2.30. The molecule has 0 aliphatic carbocycles. The van der Waals surface area contributed by atoms with Gasteiger partial charge in [-0.2, -0.15) is 0 Å². The molecule has 0 bridgehead atoms. The Kier molecular flexibility index (Phi) is 8.43. The predicted molar refractivity (Wildman–Crippen MR) is 129 cm³/mol. The maximum absolute atomic E-state index is 12.5. The molecule has 28 heavy (non-hydrogen) atoms. The van der Waals surface area contributed by atoms with Crippen molar-refractivity contribution < 1.29 is 4.79 Å². The Bertz CT molecular complexity index is 883. The van der Waals surface area contributed by atoms with Gasteiger partial charge in [0.15, 0.2) is 5.11 Å². The fraction of sp³-hybridized carbons (Fsp3) is 0.222. The number of thiocarbonyl (C=S) groups is 1. The largest absolute Gasteiger partial charge is 0.339 e. The first-order valence-electron chi connectivity index (χ1n) is 7.95. The van der Waals surface area contributed by atoms with Gasteiger partial charge < -0.3 is 16.0 Å². The first-order chi connectivity index (χ1) is 13.0. The second-order valence-corrected chi connectivity index (χ2v) is 10.5. The van der Waals surface area contributed by atoms with Crippen LogP contribution in [0, 0.1) is 13.8 Å². The number of rotatable bonds is 4. The molecule has 0 radical (unpaired) electrons. The lowest BCUT2D eigenvalue weighted by Gasteiger charge is -2.28. The number of benzene rings is 2. The molecule has 150 valence electrons. The van der Waals surface area contributed by atoms with Crippen LogP contribution in [0.3, 0.4) is 0 Å². The molecule has 1 amide bonds. The molecule has 0 unspecified atom stereocenters. The smallest absolute Gasteiger partial charge is 0.252 e. The van der Waals surface area contributed by atoms with Gasteiger partial charge in [0, 0.05) is 14.5 Å². The molecule has 2 aromatic rings. The van der Waals surface area contributed by atoms with E-state index in [0.29, 0.717) is 11.3 Å². The van der Waals surface area contributed by atoms with E-state index in [4.69, 9.17) is 47.0 Å². The number of alkyl halides is 3. The summed E-state index contributed by atoms with van der Waals surface area (Å²) >= 11 is 30.4. The molecule has 0 fully saturated rings. The van der Waals surface area contributed by atoms with Gasteiger partial charge in [-0.15, -0.1) is 0 Å². The number of carbonyl (C=O) groups is 1. The molecular formula is C18H16Br2Cl3N3OS. The van der Waals surface area contributed by atoms with Crippen LogP contribution in [0.2, 0.25) is 0 Å². The van der Waals surface area contributed by atoms with Crippen molar-refractivity contribution in [2.45, 2.75) is 23.8 Å². The molecule has 0 aliphatic rings. The summed E-state index contributed by atoms with van der Waals surface area (Å²) in [5, 5.41) is 8.70. The average molecular weight is 589 g/mol. The first-order valence-corrected chi connectivity index (χ1v) is 11.1. The Labute approximate surface area is 200 Å². The SMILES string of the molecule is Cc1cccc(C(=O)N[C@@H](NC(=S)Nc2c(Br)cc(C)cc2Br)C(Cl)(Cl)Cl)c1. The summed E-state index contributed by atoms with van der Waals surface area (Å²) in [4.78, 5) is 12.5. The van der Waals surface area contributed by atoms with E-state index >= 15 is 0 Å². The van der Waals surface area contributed by atoms with Crippen molar-refractivity contribution in [1.82, 2.24) is 10.6 Å². The number of amides is 1. The van der Waals surface area contributed by atoms with Gasteiger partial charge in [0.25, 0.3) is 5.91 Å². The predicted octanol–water partition coefficient (Wildman–Crippen LogP) is 6.24. The monoisotopic (exact) mass is 585 g/mol. The quantitative estimate of drug-likeness (QED) is 0.225. The van der Waals surface area contributed by atoms with E-state index in [2.05, 4.69) is 47.8 Å². The number of nitrogens with one attached hydrogen (secondary N) is 3. The topological polar surface area (TPSA) is 53.2 Å². The van der Waals surface area contributed by atoms with Crippen LogP contribution in [0.5, 0.6) is 0 Å². The van der Waals surface area contributed by atoms with Crippen LogP contribution in [0.1, 0.15) is 21.5 Å². The first kappa shape index (κ1) is 23.7. The molecule has 1 atom stereocenters. The van der Waals surface area contributed by atoms with Gasteiger partial charge in [-0.3, -0.25) is 4.79 Å². The average Bonchev–Trinajstić information content (AvgIpc) is 2.56. The zero-order valence-corrected chi connectivity index (χ0v) is 21.0. The number of aryl methyl sites for hydroxylation is 2. The van der Waals surface area contributed by atoms with Gasteiger partial charge in [0.1, 0.15) is 6.17 Å². The number of hydrogen-bond donors (Lipinski definition) is 3. The number of hydrogen-bond acceptors (Lipinski definition) is 2. The van der Waals surface area contributed by atoms with Crippen LogP contribution in [-0.2, 0) is 0 Å². The molecule has 2 rings (SSSR count). The highest BCUT2D eigenvalue weighted by Gasteiger charge is 2.35. The minimum absolute atomic E-state index is 0.172. The number of anilines is 1. The van der Waals surface area contributed by atoms with E-state index in [1.54, 1.807) is 18.2 Å². The van der Waals surface area contributed by atoms with Gasteiger partial charge in [0.2, 0.25) is 3.79 Å². The molecular weight excluding hydrogens is 572 g/mol. The summed E-state index contributed by atoms with van der Waals surface area (Å²) in [5.74, 6) is -0.395. The van der Waals surface area contributed by atoms with E-state index in [-0.39, 0.29) is 5.11 Å². The summed E-state index contributed by atoms with van der Waals surface area (Å²) in [6, 6.07) is 10.9. The fourth-order valence-corrected chi connectivity index (χ4v) is 4.46. The lowest BCUT2D eigenvalue weighted by molar-refractivity contribution is 0.0934. The van der Waals surface area contributed by atoms with Crippen LogP contribution in [0.25, 0.3) is 0 Å². The van der Waals surface area contributed by atoms with E-state index in [1.165, 1.54) is 0 Å². The van der Waals surface area contributed by atoms with Gasteiger partial charge in [-0.1, -0.05) is 52.5 Å². The maximum Gasteiger partial charge on any atom is 0.252 e. The standard InChI is InChI=1S/C18H16Br2Cl3N3OS/c1-9-4-3-5-11(6-9)15(27)25-16(18(21,22)23)26-17(28)24-14-12(19)7-10(2)8-13(14)20/h3-8,16H,1-2H3,(H,25,27)(H2,24,26,28)/t16-/m0/s1. The number of halogens is 5. The summed E-state index contributed by atoms with van der Waals surface area (Å²) < 4.78 is -0.233. The van der Waals surface area contributed by atoms with Crippen molar-refractivity contribution in [1.29, 1.82) is 0 Å². The molecule has 0 aliphatic heterocycles. The summed E-state index contributed by atoms with van der Waals surface area (Å²) in [7, 11) is 0. The third kappa shape index (κ3) is 6.75. The number of carbonyl (C=O) groups excluding carboxylic acids is 1. The third-order valence-corrected chi connectivity index (χ3v) is 5.71. The summed E-state index contributed by atoms with van der Waals surface area (Å²) in [6.45, 7) is 3.85. The van der Waals surface area contributed by atoms with Gasteiger partial charge in [-0.05, 0) is 87.8 Å². The lowest BCUT2D eigenvalue weighted by Crippen LogP contribution is -2.56. The normalized spacial score (nSPS) is 12.2. The molecule has 4 nitrogen and oxygen atoms in total. The van der Waals surface area contributed by atoms with Crippen molar-refractivity contribution in [3.05, 3.63) is 62.0 Å². The van der Waals surface area contributed by atoms with Gasteiger partial charge in [-0.25, -0.2) is 0 Å².